The Morgan fingerprint density at radius 3 is 2.76 bits per heavy atom. The van der Waals surface area contributed by atoms with Crippen LogP contribution in [0, 0.1) is 5.41 Å². The Hall–Kier alpha value is -1.09. The van der Waals surface area contributed by atoms with E-state index in [9.17, 15) is 0 Å². The summed E-state index contributed by atoms with van der Waals surface area (Å²) < 4.78 is 1.97. The number of hydrogen-bond acceptors (Lipinski definition) is 2. The quantitative estimate of drug-likeness (QED) is 0.736. The normalized spacial score (nSPS) is 14.9. The van der Waals surface area contributed by atoms with Gasteiger partial charge in [-0.1, -0.05) is 26.8 Å². The topological polar surface area (TPSA) is 29.9 Å². The molecule has 0 aromatic carbocycles. The van der Waals surface area contributed by atoms with Gasteiger partial charge in [-0.3, -0.25) is 4.68 Å². The SMILES string of the molecule is C=CC(C)(CNC(C)C)Cc1cnn(CC)c1. The zero-order chi connectivity index (χ0) is 12.9. The van der Waals surface area contributed by atoms with Crippen molar-refractivity contribution in [3.63, 3.8) is 0 Å². The molecular formula is C14H25N3. The summed E-state index contributed by atoms with van der Waals surface area (Å²) in [5.74, 6) is 0. The monoisotopic (exact) mass is 235 g/mol. The molecule has 1 aromatic rings. The van der Waals surface area contributed by atoms with Crippen molar-refractivity contribution >= 4 is 0 Å². The molecule has 0 amide bonds. The molecule has 1 heterocycles. The summed E-state index contributed by atoms with van der Waals surface area (Å²) in [4.78, 5) is 0. The zero-order valence-corrected chi connectivity index (χ0v) is 11.5. The average Bonchev–Trinajstić information content (AvgIpc) is 2.74. The van der Waals surface area contributed by atoms with E-state index in [1.165, 1.54) is 5.56 Å². The van der Waals surface area contributed by atoms with E-state index in [0.29, 0.717) is 6.04 Å². The third-order valence-corrected chi connectivity index (χ3v) is 3.03. The molecule has 17 heavy (non-hydrogen) atoms. The molecule has 0 radical (unpaired) electrons. The molecule has 0 aliphatic rings. The second kappa shape index (κ2) is 6.01. The third-order valence-electron chi connectivity index (χ3n) is 3.03. The first-order valence-electron chi connectivity index (χ1n) is 6.37. The Bertz CT molecular complexity index is 354. The standard InChI is InChI=1S/C14H25N3/c1-6-14(5,11-15-12(3)4)8-13-9-16-17(7-2)10-13/h6,9-10,12,15H,1,7-8,11H2,2-5H3. The number of nitrogens with zero attached hydrogens (tertiary/aromatic N) is 2. The van der Waals surface area contributed by atoms with Gasteiger partial charge in [-0.15, -0.1) is 6.58 Å². The van der Waals surface area contributed by atoms with E-state index in [1.807, 2.05) is 17.0 Å². The van der Waals surface area contributed by atoms with Crippen molar-refractivity contribution in [3.05, 3.63) is 30.6 Å². The van der Waals surface area contributed by atoms with Crippen LogP contribution in [0.1, 0.15) is 33.3 Å². The van der Waals surface area contributed by atoms with Gasteiger partial charge in [-0.05, 0) is 18.9 Å². The van der Waals surface area contributed by atoms with Crippen molar-refractivity contribution in [2.75, 3.05) is 6.54 Å². The van der Waals surface area contributed by atoms with Crippen molar-refractivity contribution in [1.29, 1.82) is 0 Å². The maximum atomic E-state index is 4.31. The zero-order valence-electron chi connectivity index (χ0n) is 11.5. The smallest absolute Gasteiger partial charge is 0.0522 e. The summed E-state index contributed by atoms with van der Waals surface area (Å²) >= 11 is 0. The molecular weight excluding hydrogens is 210 g/mol. The Kier molecular flexibility index (Phi) is 4.94. The molecule has 3 nitrogen and oxygen atoms in total. The van der Waals surface area contributed by atoms with Crippen LogP contribution in [0.15, 0.2) is 25.0 Å². The van der Waals surface area contributed by atoms with Gasteiger partial charge in [0.15, 0.2) is 0 Å². The summed E-state index contributed by atoms with van der Waals surface area (Å²) in [6, 6.07) is 0.507. The minimum atomic E-state index is 0.0892. The molecule has 1 atom stereocenters. The largest absolute Gasteiger partial charge is 0.314 e. The van der Waals surface area contributed by atoms with Crippen molar-refractivity contribution in [1.82, 2.24) is 15.1 Å². The molecule has 0 aliphatic carbocycles. The van der Waals surface area contributed by atoms with E-state index in [2.05, 4.69) is 50.9 Å². The van der Waals surface area contributed by atoms with Gasteiger partial charge in [-0.2, -0.15) is 5.10 Å². The highest BCUT2D eigenvalue weighted by atomic mass is 15.3. The Balaban J connectivity index is 2.64. The molecule has 1 rings (SSSR count). The molecule has 1 unspecified atom stereocenters. The molecule has 0 aliphatic heterocycles. The molecule has 0 saturated carbocycles. The second-order valence-electron chi connectivity index (χ2n) is 5.27. The van der Waals surface area contributed by atoms with Gasteiger partial charge in [0.05, 0.1) is 6.20 Å². The maximum absolute atomic E-state index is 4.31. The Morgan fingerprint density at radius 2 is 2.29 bits per heavy atom. The van der Waals surface area contributed by atoms with Gasteiger partial charge < -0.3 is 5.32 Å². The number of hydrogen-bond donors (Lipinski definition) is 1. The minimum Gasteiger partial charge on any atom is -0.314 e. The Morgan fingerprint density at radius 1 is 1.59 bits per heavy atom. The van der Waals surface area contributed by atoms with Gasteiger partial charge in [0.2, 0.25) is 0 Å². The highest BCUT2D eigenvalue weighted by Crippen LogP contribution is 2.23. The maximum Gasteiger partial charge on any atom is 0.0522 e. The van der Waals surface area contributed by atoms with Gasteiger partial charge >= 0.3 is 0 Å². The highest BCUT2D eigenvalue weighted by Gasteiger charge is 2.21. The van der Waals surface area contributed by atoms with E-state index in [0.717, 1.165) is 19.5 Å². The predicted molar refractivity (Wildman–Crippen MR) is 73.0 cm³/mol. The van der Waals surface area contributed by atoms with Crippen LogP contribution < -0.4 is 5.32 Å². The van der Waals surface area contributed by atoms with E-state index in [4.69, 9.17) is 0 Å². The predicted octanol–water partition coefficient (Wildman–Crippen LogP) is 2.64. The van der Waals surface area contributed by atoms with Gasteiger partial charge in [0, 0.05) is 30.7 Å². The first kappa shape index (κ1) is 14.0. The van der Waals surface area contributed by atoms with Gasteiger partial charge in [0.1, 0.15) is 0 Å². The lowest BCUT2D eigenvalue weighted by Gasteiger charge is -2.27. The fourth-order valence-corrected chi connectivity index (χ4v) is 1.78. The molecule has 1 N–H and O–H groups in total. The van der Waals surface area contributed by atoms with E-state index >= 15 is 0 Å². The van der Waals surface area contributed by atoms with Crippen molar-refractivity contribution < 1.29 is 0 Å². The van der Waals surface area contributed by atoms with E-state index in [1.54, 1.807) is 0 Å². The molecule has 0 bridgehead atoms. The van der Waals surface area contributed by atoms with Crippen LogP contribution >= 0.6 is 0 Å². The lowest BCUT2D eigenvalue weighted by molar-refractivity contribution is 0.373. The third kappa shape index (κ3) is 4.35. The first-order valence-corrected chi connectivity index (χ1v) is 6.37. The molecule has 0 spiro atoms. The van der Waals surface area contributed by atoms with Crippen molar-refractivity contribution in [2.24, 2.45) is 5.41 Å². The van der Waals surface area contributed by atoms with Crippen molar-refractivity contribution in [3.8, 4) is 0 Å². The number of aromatic nitrogens is 2. The molecule has 1 aromatic heterocycles. The Labute approximate surface area is 105 Å². The fraction of sp³-hybridized carbons (Fsp3) is 0.643. The average molecular weight is 235 g/mol. The summed E-state index contributed by atoms with van der Waals surface area (Å²) in [5, 5.41) is 7.79. The van der Waals surface area contributed by atoms with Gasteiger partial charge in [-0.25, -0.2) is 0 Å². The first-order chi connectivity index (χ1) is 7.99. The number of aryl methyl sites for hydroxylation is 1. The minimum absolute atomic E-state index is 0.0892. The summed E-state index contributed by atoms with van der Waals surface area (Å²) in [5.41, 5.74) is 1.37. The van der Waals surface area contributed by atoms with Crippen LogP contribution in [0.25, 0.3) is 0 Å². The van der Waals surface area contributed by atoms with Crippen LogP contribution in [-0.4, -0.2) is 22.4 Å². The lowest BCUT2D eigenvalue weighted by atomic mass is 9.84. The molecule has 3 heteroatoms. The van der Waals surface area contributed by atoms with Crippen LogP contribution in [0.3, 0.4) is 0 Å². The number of nitrogens with one attached hydrogen (secondary N) is 1. The summed E-state index contributed by atoms with van der Waals surface area (Å²) in [6.07, 6.45) is 7.11. The molecule has 0 fully saturated rings. The van der Waals surface area contributed by atoms with E-state index in [-0.39, 0.29) is 5.41 Å². The van der Waals surface area contributed by atoms with Crippen molar-refractivity contribution in [2.45, 2.75) is 46.7 Å². The van der Waals surface area contributed by atoms with Crippen LogP contribution in [0.4, 0.5) is 0 Å². The van der Waals surface area contributed by atoms with Gasteiger partial charge in [0.25, 0.3) is 0 Å². The molecule has 96 valence electrons. The fourth-order valence-electron chi connectivity index (χ4n) is 1.78. The summed E-state index contributed by atoms with van der Waals surface area (Å²) in [7, 11) is 0. The lowest BCUT2D eigenvalue weighted by Crippen LogP contribution is -2.35. The van der Waals surface area contributed by atoms with Crippen LogP contribution in [0.2, 0.25) is 0 Å². The van der Waals surface area contributed by atoms with Crippen LogP contribution in [-0.2, 0) is 13.0 Å². The summed E-state index contributed by atoms with van der Waals surface area (Å²) in [6.45, 7) is 14.5. The highest BCUT2D eigenvalue weighted by molar-refractivity contribution is 5.11. The van der Waals surface area contributed by atoms with E-state index < -0.39 is 0 Å². The number of rotatable bonds is 7. The van der Waals surface area contributed by atoms with Crippen LogP contribution in [0.5, 0.6) is 0 Å². The second-order valence-corrected chi connectivity index (χ2v) is 5.27. The molecule has 0 saturated heterocycles.